The first-order valence-electron chi connectivity index (χ1n) is 8.97. The highest BCUT2D eigenvalue weighted by atomic mass is 79.9. The van der Waals surface area contributed by atoms with Crippen LogP contribution in [0.1, 0.15) is 25.7 Å². The van der Waals surface area contributed by atoms with Gasteiger partial charge in [-0.2, -0.15) is 0 Å². The number of nitrogens with zero attached hydrogens (tertiary/aromatic N) is 3. The Labute approximate surface area is 185 Å². The standard InChI is InChI=1S/C21H18BrN3O2S2/c1-13-10-16(14(2)29-13)17(26)12-28-21-24-23-20(18-8-9-19(22)27-18)25(21)11-15-6-4-3-5-7-15/h3-10H,11-12H2,1-2H3. The SMILES string of the molecule is Cc1cc(C(=O)CSc2nnc(-c3ccc(Br)o3)n2Cc2ccccc2)c(C)s1. The molecule has 0 aliphatic carbocycles. The van der Waals surface area contributed by atoms with Crippen molar-refractivity contribution in [3.8, 4) is 11.6 Å². The highest BCUT2D eigenvalue weighted by molar-refractivity contribution is 9.10. The number of carbonyl (C=O) groups excluding carboxylic acids is 1. The summed E-state index contributed by atoms with van der Waals surface area (Å²) in [6.07, 6.45) is 0. The predicted molar refractivity (Wildman–Crippen MR) is 120 cm³/mol. The number of hydrogen-bond donors (Lipinski definition) is 0. The van der Waals surface area contributed by atoms with Crippen molar-refractivity contribution in [2.45, 2.75) is 25.5 Å². The van der Waals surface area contributed by atoms with Crippen LogP contribution in [0.5, 0.6) is 0 Å². The molecule has 0 bridgehead atoms. The normalized spacial score (nSPS) is 11.1. The van der Waals surface area contributed by atoms with E-state index in [0.717, 1.165) is 20.9 Å². The van der Waals surface area contributed by atoms with Crippen molar-refractivity contribution in [3.63, 3.8) is 0 Å². The van der Waals surface area contributed by atoms with Gasteiger partial charge in [-0.05, 0) is 53.5 Å². The third kappa shape index (κ3) is 4.55. The maximum absolute atomic E-state index is 12.7. The van der Waals surface area contributed by atoms with Crippen molar-refractivity contribution in [1.82, 2.24) is 14.8 Å². The van der Waals surface area contributed by atoms with E-state index in [4.69, 9.17) is 4.42 Å². The van der Waals surface area contributed by atoms with Gasteiger partial charge < -0.3 is 4.42 Å². The molecular formula is C21H18BrN3O2S2. The van der Waals surface area contributed by atoms with Crippen LogP contribution in [0.25, 0.3) is 11.6 Å². The van der Waals surface area contributed by atoms with E-state index in [9.17, 15) is 4.79 Å². The van der Waals surface area contributed by atoms with Gasteiger partial charge in [0.15, 0.2) is 21.4 Å². The summed E-state index contributed by atoms with van der Waals surface area (Å²) >= 11 is 6.39. The number of aromatic nitrogens is 3. The molecule has 3 heterocycles. The van der Waals surface area contributed by atoms with Crippen LogP contribution in [-0.4, -0.2) is 26.3 Å². The van der Waals surface area contributed by atoms with Crippen molar-refractivity contribution in [2.24, 2.45) is 0 Å². The first kappa shape index (κ1) is 20.1. The van der Waals surface area contributed by atoms with Gasteiger partial charge in [-0.15, -0.1) is 21.5 Å². The van der Waals surface area contributed by atoms with Crippen LogP contribution < -0.4 is 0 Å². The molecule has 4 rings (SSSR count). The quantitative estimate of drug-likeness (QED) is 0.236. The second-order valence-electron chi connectivity index (χ2n) is 6.52. The number of thiophene rings is 1. The molecule has 5 nitrogen and oxygen atoms in total. The number of furan rings is 1. The summed E-state index contributed by atoms with van der Waals surface area (Å²) in [5.74, 6) is 1.68. The minimum Gasteiger partial charge on any atom is -0.446 e. The molecule has 8 heteroatoms. The molecule has 0 saturated carbocycles. The summed E-state index contributed by atoms with van der Waals surface area (Å²) in [6, 6.07) is 15.7. The molecular weight excluding hydrogens is 470 g/mol. The molecule has 0 amide bonds. The lowest BCUT2D eigenvalue weighted by molar-refractivity contribution is 0.102. The minimum absolute atomic E-state index is 0.105. The molecule has 0 atom stereocenters. The maximum Gasteiger partial charge on any atom is 0.200 e. The van der Waals surface area contributed by atoms with Crippen molar-refractivity contribution >= 4 is 44.8 Å². The van der Waals surface area contributed by atoms with Crippen molar-refractivity contribution in [1.29, 1.82) is 0 Å². The first-order valence-corrected chi connectivity index (χ1v) is 11.6. The highest BCUT2D eigenvalue weighted by Gasteiger charge is 2.20. The largest absolute Gasteiger partial charge is 0.446 e. The summed E-state index contributed by atoms with van der Waals surface area (Å²) in [7, 11) is 0. The summed E-state index contributed by atoms with van der Waals surface area (Å²) in [6.45, 7) is 4.60. The van der Waals surface area contributed by atoms with Gasteiger partial charge in [-0.3, -0.25) is 9.36 Å². The fraction of sp³-hybridized carbons (Fsp3) is 0.190. The number of thioether (sulfide) groups is 1. The molecule has 0 radical (unpaired) electrons. The van der Waals surface area contributed by atoms with Crippen molar-refractivity contribution in [2.75, 3.05) is 5.75 Å². The van der Waals surface area contributed by atoms with Crippen LogP contribution in [-0.2, 0) is 6.54 Å². The molecule has 4 aromatic rings. The molecule has 29 heavy (non-hydrogen) atoms. The molecule has 0 saturated heterocycles. The lowest BCUT2D eigenvalue weighted by Gasteiger charge is -2.09. The molecule has 148 valence electrons. The molecule has 0 fully saturated rings. The molecule has 0 aliphatic rings. The third-order valence-corrected chi connectivity index (χ3v) is 6.73. The van der Waals surface area contributed by atoms with Gasteiger partial charge in [0.1, 0.15) is 0 Å². The fourth-order valence-electron chi connectivity index (χ4n) is 3.04. The molecule has 0 N–H and O–H groups in total. The van der Waals surface area contributed by atoms with E-state index >= 15 is 0 Å². The summed E-state index contributed by atoms with van der Waals surface area (Å²) in [5, 5.41) is 9.37. The smallest absolute Gasteiger partial charge is 0.200 e. The van der Waals surface area contributed by atoms with E-state index in [-0.39, 0.29) is 5.78 Å². The number of Topliss-reactive ketones (excluding diaryl/α,β-unsaturated/α-hetero) is 1. The third-order valence-electron chi connectivity index (χ3n) is 4.37. The van der Waals surface area contributed by atoms with Crippen LogP contribution in [0.15, 0.2) is 62.8 Å². The summed E-state index contributed by atoms with van der Waals surface area (Å²) < 4.78 is 8.32. The van der Waals surface area contributed by atoms with Crippen molar-refractivity contribution in [3.05, 3.63) is 74.1 Å². The number of ketones is 1. The number of halogens is 1. The number of hydrogen-bond acceptors (Lipinski definition) is 6. The Morgan fingerprint density at radius 1 is 1.17 bits per heavy atom. The number of carbonyl (C=O) groups is 1. The zero-order chi connectivity index (χ0) is 20.4. The Morgan fingerprint density at radius 2 is 1.97 bits per heavy atom. The van der Waals surface area contributed by atoms with Gasteiger partial charge in [-0.25, -0.2) is 0 Å². The number of aryl methyl sites for hydroxylation is 2. The van der Waals surface area contributed by atoms with Crippen LogP contribution in [0.3, 0.4) is 0 Å². The van der Waals surface area contributed by atoms with Crippen molar-refractivity contribution < 1.29 is 9.21 Å². The summed E-state index contributed by atoms with van der Waals surface area (Å²) in [4.78, 5) is 14.9. The van der Waals surface area contributed by atoms with Gasteiger partial charge in [0, 0.05) is 15.3 Å². The topological polar surface area (TPSA) is 60.9 Å². The van der Waals surface area contributed by atoms with E-state index < -0.39 is 0 Å². The van der Waals surface area contributed by atoms with Crippen LogP contribution in [0.4, 0.5) is 0 Å². The van der Waals surface area contributed by atoms with E-state index in [1.165, 1.54) is 11.8 Å². The Balaban J connectivity index is 1.61. The first-order chi connectivity index (χ1) is 14.0. The highest BCUT2D eigenvalue weighted by Crippen LogP contribution is 2.29. The van der Waals surface area contributed by atoms with Gasteiger partial charge in [0.2, 0.25) is 5.82 Å². The van der Waals surface area contributed by atoms with Gasteiger partial charge in [0.05, 0.1) is 12.3 Å². The van der Waals surface area contributed by atoms with Gasteiger partial charge in [0.25, 0.3) is 0 Å². The average Bonchev–Trinajstić information content (AvgIpc) is 3.39. The number of benzene rings is 1. The van der Waals surface area contributed by atoms with Gasteiger partial charge in [-0.1, -0.05) is 42.1 Å². The predicted octanol–water partition coefficient (Wildman–Crippen LogP) is 6.00. The zero-order valence-corrected chi connectivity index (χ0v) is 19.1. The lowest BCUT2D eigenvalue weighted by atomic mass is 10.2. The van der Waals surface area contributed by atoms with Crippen LogP contribution >= 0.6 is 39.0 Å². The zero-order valence-electron chi connectivity index (χ0n) is 15.9. The van der Waals surface area contributed by atoms with E-state index in [1.54, 1.807) is 11.3 Å². The van der Waals surface area contributed by atoms with Gasteiger partial charge >= 0.3 is 0 Å². The van der Waals surface area contributed by atoms with Crippen LogP contribution in [0, 0.1) is 13.8 Å². The Morgan fingerprint density at radius 3 is 2.62 bits per heavy atom. The van der Waals surface area contributed by atoms with Crippen LogP contribution in [0.2, 0.25) is 0 Å². The molecule has 1 aromatic carbocycles. The molecule has 0 spiro atoms. The molecule has 0 unspecified atom stereocenters. The second-order valence-corrected chi connectivity index (χ2v) is 9.70. The Bertz CT molecular complexity index is 1150. The number of rotatable bonds is 7. The summed E-state index contributed by atoms with van der Waals surface area (Å²) in [5.41, 5.74) is 1.92. The lowest BCUT2D eigenvalue weighted by Crippen LogP contribution is -2.07. The fourth-order valence-corrected chi connectivity index (χ4v) is 5.11. The minimum atomic E-state index is 0.105. The van der Waals surface area contributed by atoms with E-state index in [0.29, 0.717) is 33.7 Å². The second kappa shape index (κ2) is 8.69. The monoisotopic (exact) mass is 487 g/mol. The van der Waals surface area contributed by atoms with E-state index in [1.807, 2.05) is 54.8 Å². The van der Waals surface area contributed by atoms with E-state index in [2.05, 4.69) is 38.3 Å². The average molecular weight is 488 g/mol. The Kier molecular flexibility index (Phi) is 6.03. The maximum atomic E-state index is 12.7. The molecule has 3 aromatic heterocycles. The Hall–Kier alpha value is -2.16. The molecule has 0 aliphatic heterocycles.